The summed E-state index contributed by atoms with van der Waals surface area (Å²) in [6.07, 6.45) is 2.57. The van der Waals surface area contributed by atoms with Gasteiger partial charge in [-0.15, -0.1) is 12.4 Å². The number of H-pyrrole nitrogens is 1. The summed E-state index contributed by atoms with van der Waals surface area (Å²) >= 11 is 0. The zero-order valence-corrected chi connectivity index (χ0v) is 7.21. The van der Waals surface area contributed by atoms with Crippen molar-refractivity contribution in [2.75, 3.05) is 0 Å². The van der Waals surface area contributed by atoms with Crippen LogP contribution in [0.4, 0.5) is 0 Å². The molecule has 0 atom stereocenters. The van der Waals surface area contributed by atoms with Gasteiger partial charge in [0.2, 0.25) is 5.16 Å². The Kier molecular flexibility index (Phi) is 3.55. The van der Waals surface area contributed by atoms with Crippen molar-refractivity contribution >= 4 is 22.4 Å². The Hall–Kier alpha value is -1.24. The van der Waals surface area contributed by atoms with Crippen molar-refractivity contribution in [3.63, 3.8) is 0 Å². The summed E-state index contributed by atoms with van der Waals surface area (Å²) in [7, 11) is -3.93. The van der Waals surface area contributed by atoms with Crippen molar-refractivity contribution in [3.8, 4) is 0 Å². The third-order valence-corrected chi connectivity index (χ3v) is 1.86. The Morgan fingerprint density at radius 2 is 2.33 bits per heavy atom. The number of nitrogens with one attached hydrogen (secondary N) is 1. The lowest BCUT2D eigenvalue weighted by atomic mass is 11.0. The molecule has 0 bridgehead atoms. The normalized spacial score (nSPS) is 9.67. The molecule has 0 amide bonds. The molecule has 1 heterocycles. The highest BCUT2D eigenvalue weighted by Crippen LogP contribution is 2.03. The first-order chi connectivity index (χ1) is 5.17. The number of hydrogen-bond acceptors (Lipinski definition) is 3. The Morgan fingerprint density at radius 3 is 2.75 bits per heavy atom. The average Bonchev–Trinajstić information content (AvgIpc) is 2.37. The van der Waals surface area contributed by atoms with Crippen LogP contribution in [0.3, 0.4) is 0 Å². The van der Waals surface area contributed by atoms with Crippen molar-refractivity contribution in [3.05, 3.63) is 22.8 Å². The van der Waals surface area contributed by atoms with Gasteiger partial charge in [-0.1, -0.05) is 0 Å². The molecule has 7 nitrogen and oxygen atoms in total. The fourth-order valence-electron chi connectivity index (χ4n) is 0.479. The molecule has 1 aromatic heterocycles. The molecule has 0 fully saturated rings. The van der Waals surface area contributed by atoms with E-state index in [1.54, 1.807) is 0 Å². The molecule has 0 aliphatic carbocycles. The van der Waals surface area contributed by atoms with Crippen LogP contribution in [0.2, 0.25) is 0 Å². The molecule has 0 unspecified atom stereocenters. The van der Waals surface area contributed by atoms with Gasteiger partial charge < -0.3 is 4.98 Å². The van der Waals surface area contributed by atoms with Crippen LogP contribution >= 0.6 is 12.4 Å². The third-order valence-electron chi connectivity index (χ3n) is 0.861. The maximum atomic E-state index is 10.8. The quantitative estimate of drug-likeness (QED) is 0.442. The van der Waals surface area contributed by atoms with Gasteiger partial charge in [0.1, 0.15) is 0 Å². The van der Waals surface area contributed by atoms with E-state index in [1.807, 2.05) is 0 Å². The second-order valence-corrected chi connectivity index (χ2v) is 3.04. The molecule has 12 heavy (non-hydrogen) atoms. The molecular formula is C3H4ClN5O2S. The zero-order chi connectivity index (χ0) is 8.32. The van der Waals surface area contributed by atoms with Gasteiger partial charge in [0.25, 0.3) is 10.0 Å². The van der Waals surface area contributed by atoms with E-state index in [9.17, 15) is 8.42 Å². The number of hydrogen-bond donors (Lipinski definition) is 1. The summed E-state index contributed by atoms with van der Waals surface area (Å²) in [5.74, 6) is 0. The minimum absolute atomic E-state index is 0. The van der Waals surface area contributed by atoms with E-state index < -0.39 is 10.0 Å². The van der Waals surface area contributed by atoms with Gasteiger partial charge in [0.15, 0.2) is 0 Å². The second kappa shape index (κ2) is 3.96. The first-order valence-corrected chi connectivity index (χ1v) is 3.91. The largest absolute Gasteiger partial charge is 0.335 e. The van der Waals surface area contributed by atoms with E-state index >= 15 is 0 Å². The van der Waals surface area contributed by atoms with Crippen molar-refractivity contribution < 1.29 is 8.42 Å². The highest BCUT2D eigenvalue weighted by atomic mass is 35.5. The van der Waals surface area contributed by atoms with Crippen LogP contribution in [0, 0.1) is 0 Å². The van der Waals surface area contributed by atoms with Gasteiger partial charge in [-0.25, -0.2) is 13.4 Å². The Morgan fingerprint density at radius 1 is 1.67 bits per heavy atom. The molecule has 0 saturated heterocycles. The third kappa shape index (κ3) is 2.12. The van der Waals surface area contributed by atoms with Crippen molar-refractivity contribution in [2.45, 2.75) is 5.16 Å². The van der Waals surface area contributed by atoms with Crippen molar-refractivity contribution in [1.82, 2.24) is 9.97 Å². The average molecular weight is 210 g/mol. The lowest BCUT2D eigenvalue weighted by Crippen LogP contribution is -1.96. The number of azide groups is 1. The highest BCUT2D eigenvalue weighted by Gasteiger charge is 2.13. The first kappa shape index (κ1) is 10.8. The predicted octanol–water partition coefficient (Wildman–Crippen LogP) is 0.830. The molecule has 1 N–H and O–H groups in total. The molecular weight excluding hydrogens is 206 g/mol. The molecule has 0 aliphatic rings. The molecule has 1 aromatic rings. The Labute approximate surface area is 73.9 Å². The van der Waals surface area contributed by atoms with Crippen LogP contribution in [0.5, 0.6) is 0 Å². The summed E-state index contributed by atoms with van der Waals surface area (Å²) < 4.78 is 24.1. The standard InChI is InChI=1S/C3H3N5O2S.ClH/c4-7-8-11(9,10)3-5-1-2-6-3;/h1-2H,(H,5,6);1H. The molecule has 9 heteroatoms. The number of halogens is 1. The van der Waals surface area contributed by atoms with Crippen LogP contribution < -0.4 is 0 Å². The van der Waals surface area contributed by atoms with Gasteiger partial charge in [-0.3, -0.25) is 0 Å². The van der Waals surface area contributed by atoms with E-state index in [4.69, 9.17) is 5.53 Å². The number of aromatic amines is 1. The topological polar surface area (TPSA) is 112 Å². The van der Waals surface area contributed by atoms with E-state index in [-0.39, 0.29) is 17.6 Å². The van der Waals surface area contributed by atoms with Gasteiger partial charge >= 0.3 is 0 Å². The lowest BCUT2D eigenvalue weighted by Gasteiger charge is -1.86. The van der Waals surface area contributed by atoms with Crippen molar-refractivity contribution in [2.24, 2.45) is 4.52 Å². The molecule has 0 aliphatic heterocycles. The van der Waals surface area contributed by atoms with E-state index in [0.29, 0.717) is 0 Å². The molecule has 0 radical (unpaired) electrons. The van der Waals surface area contributed by atoms with Gasteiger partial charge in [0.05, 0.1) is 0 Å². The monoisotopic (exact) mass is 209 g/mol. The first-order valence-electron chi connectivity index (χ1n) is 2.47. The number of sulfonamides is 1. The van der Waals surface area contributed by atoms with Crippen LogP contribution in [-0.4, -0.2) is 18.4 Å². The fourth-order valence-corrected chi connectivity index (χ4v) is 1.06. The zero-order valence-electron chi connectivity index (χ0n) is 5.58. The lowest BCUT2D eigenvalue weighted by molar-refractivity contribution is 0.590. The molecule has 0 spiro atoms. The smallest absolute Gasteiger partial charge is 0.297 e. The Bertz CT molecular complexity index is 377. The van der Waals surface area contributed by atoms with Crippen molar-refractivity contribution in [1.29, 1.82) is 0 Å². The predicted molar refractivity (Wildman–Crippen MR) is 42.2 cm³/mol. The molecule has 1 rings (SSSR count). The molecule has 0 saturated carbocycles. The minimum atomic E-state index is -3.93. The summed E-state index contributed by atoms with van der Waals surface area (Å²) in [6.45, 7) is 0. The van der Waals surface area contributed by atoms with E-state index in [2.05, 4.69) is 19.4 Å². The van der Waals surface area contributed by atoms with Gasteiger partial charge in [-0.05, 0) is 5.53 Å². The molecule has 66 valence electrons. The van der Waals surface area contributed by atoms with Crippen LogP contribution in [0.25, 0.3) is 10.4 Å². The summed E-state index contributed by atoms with van der Waals surface area (Å²) in [5.41, 5.74) is 7.84. The van der Waals surface area contributed by atoms with E-state index in [0.717, 1.165) is 0 Å². The van der Waals surface area contributed by atoms with Gasteiger partial charge in [0, 0.05) is 21.8 Å². The number of aromatic nitrogens is 2. The molecule has 0 aromatic carbocycles. The summed E-state index contributed by atoms with van der Waals surface area (Å²) in [4.78, 5) is 7.84. The van der Waals surface area contributed by atoms with Crippen LogP contribution in [0.1, 0.15) is 0 Å². The van der Waals surface area contributed by atoms with Crippen LogP contribution in [0.15, 0.2) is 22.1 Å². The highest BCUT2D eigenvalue weighted by molar-refractivity contribution is 7.89. The number of nitrogens with zero attached hydrogens (tertiary/aromatic N) is 4. The van der Waals surface area contributed by atoms with Crippen LogP contribution in [-0.2, 0) is 10.0 Å². The fraction of sp³-hybridized carbons (Fsp3) is 0. The maximum absolute atomic E-state index is 10.8. The summed E-state index contributed by atoms with van der Waals surface area (Å²) in [5, 5.41) is -0.352. The minimum Gasteiger partial charge on any atom is -0.335 e. The van der Waals surface area contributed by atoms with E-state index in [1.165, 1.54) is 12.4 Å². The number of rotatable bonds is 2. The Balaban J connectivity index is 0.00000121. The SMILES string of the molecule is Cl.[N-]=[N+]=NS(=O)(=O)c1ncc[nH]1. The number of imidazole rings is 1. The van der Waals surface area contributed by atoms with Gasteiger partial charge in [-0.2, -0.15) is 0 Å². The summed E-state index contributed by atoms with van der Waals surface area (Å²) in [6, 6.07) is 0. The second-order valence-electron chi connectivity index (χ2n) is 1.54. The maximum Gasteiger partial charge on any atom is 0.297 e.